The van der Waals surface area contributed by atoms with E-state index in [1.165, 1.54) is 12.5 Å². The van der Waals surface area contributed by atoms with Crippen molar-refractivity contribution >= 4 is 12.1 Å². The summed E-state index contributed by atoms with van der Waals surface area (Å²) < 4.78 is 4.99. The Bertz CT molecular complexity index is 364. The van der Waals surface area contributed by atoms with Gasteiger partial charge in [-0.3, -0.25) is 4.79 Å². The monoisotopic (exact) mass is 192 g/mol. The topological polar surface area (TPSA) is 54.6 Å². The quantitative estimate of drug-likeness (QED) is 0.587. The molecule has 74 valence electrons. The number of hydrazone groups is 1. The van der Waals surface area contributed by atoms with Crippen molar-refractivity contribution in [3.63, 3.8) is 0 Å². The first-order chi connectivity index (χ1) is 6.75. The highest BCUT2D eigenvalue weighted by molar-refractivity contribution is 5.95. The summed E-state index contributed by atoms with van der Waals surface area (Å²) in [6.45, 7) is 3.60. The standard InChI is InChI=1S/C10H12N2O2/c1-3-4-6-11-12-10(13)9-5-7-14-8(9)2/h3-7H,1-2H3,(H,12,13). The number of hydrogen-bond acceptors (Lipinski definition) is 3. The Labute approximate surface area is 82.3 Å². The van der Waals surface area contributed by atoms with Crippen LogP contribution in [-0.4, -0.2) is 12.1 Å². The smallest absolute Gasteiger partial charge is 0.274 e. The summed E-state index contributed by atoms with van der Waals surface area (Å²) in [4.78, 5) is 11.4. The second kappa shape index (κ2) is 5.01. The summed E-state index contributed by atoms with van der Waals surface area (Å²) in [6, 6.07) is 1.61. The van der Waals surface area contributed by atoms with E-state index >= 15 is 0 Å². The lowest BCUT2D eigenvalue weighted by atomic mass is 10.2. The van der Waals surface area contributed by atoms with Crippen LogP contribution in [0.1, 0.15) is 23.0 Å². The largest absolute Gasteiger partial charge is 0.469 e. The van der Waals surface area contributed by atoms with Crippen LogP contribution in [0.3, 0.4) is 0 Å². The average Bonchev–Trinajstić information content (AvgIpc) is 2.59. The van der Waals surface area contributed by atoms with Gasteiger partial charge in [-0.05, 0) is 26.0 Å². The Morgan fingerprint density at radius 2 is 2.43 bits per heavy atom. The van der Waals surface area contributed by atoms with Gasteiger partial charge in [0.2, 0.25) is 0 Å². The minimum atomic E-state index is -0.267. The molecule has 0 saturated heterocycles. The summed E-state index contributed by atoms with van der Waals surface area (Å²) in [5.41, 5.74) is 2.88. The van der Waals surface area contributed by atoms with Crippen molar-refractivity contribution in [3.05, 3.63) is 35.8 Å². The zero-order valence-electron chi connectivity index (χ0n) is 8.15. The lowest BCUT2D eigenvalue weighted by molar-refractivity contribution is 0.0953. The Balaban J connectivity index is 2.56. The number of amides is 1. The van der Waals surface area contributed by atoms with Gasteiger partial charge in [0.25, 0.3) is 5.91 Å². The summed E-state index contributed by atoms with van der Waals surface area (Å²) in [6.07, 6.45) is 6.52. The van der Waals surface area contributed by atoms with Crippen LogP contribution in [-0.2, 0) is 0 Å². The van der Waals surface area contributed by atoms with Crippen LogP contribution in [0.4, 0.5) is 0 Å². The van der Waals surface area contributed by atoms with Crippen LogP contribution in [0.25, 0.3) is 0 Å². The number of rotatable bonds is 3. The molecule has 1 aromatic heterocycles. The van der Waals surface area contributed by atoms with Crippen LogP contribution in [0.2, 0.25) is 0 Å². The van der Waals surface area contributed by atoms with E-state index in [0.717, 1.165) is 0 Å². The molecule has 1 N–H and O–H groups in total. The maximum absolute atomic E-state index is 11.4. The van der Waals surface area contributed by atoms with E-state index in [9.17, 15) is 4.79 Å². The van der Waals surface area contributed by atoms with Gasteiger partial charge in [0, 0.05) is 6.21 Å². The molecule has 0 spiro atoms. The summed E-state index contributed by atoms with van der Waals surface area (Å²) in [7, 11) is 0. The predicted molar refractivity (Wildman–Crippen MR) is 54.2 cm³/mol. The number of nitrogens with one attached hydrogen (secondary N) is 1. The minimum absolute atomic E-state index is 0.267. The predicted octanol–water partition coefficient (Wildman–Crippen LogP) is 1.88. The summed E-state index contributed by atoms with van der Waals surface area (Å²) >= 11 is 0. The maximum atomic E-state index is 11.4. The molecule has 1 amide bonds. The number of aryl methyl sites for hydroxylation is 1. The molecule has 4 nitrogen and oxygen atoms in total. The van der Waals surface area contributed by atoms with Crippen LogP contribution >= 0.6 is 0 Å². The van der Waals surface area contributed by atoms with Gasteiger partial charge < -0.3 is 4.42 Å². The lowest BCUT2D eigenvalue weighted by Crippen LogP contribution is -2.17. The molecule has 0 aliphatic rings. The first kappa shape index (κ1) is 10.2. The number of carbonyl (C=O) groups excluding carboxylic acids is 1. The third-order valence-electron chi connectivity index (χ3n) is 1.62. The lowest BCUT2D eigenvalue weighted by Gasteiger charge is -1.95. The van der Waals surface area contributed by atoms with Crippen LogP contribution in [0, 0.1) is 6.92 Å². The van der Waals surface area contributed by atoms with E-state index in [0.29, 0.717) is 11.3 Å². The molecule has 0 saturated carbocycles. The second-order valence-electron chi connectivity index (χ2n) is 2.64. The SMILES string of the molecule is CC=CC=NNC(=O)c1ccoc1C. The van der Waals surface area contributed by atoms with Crippen molar-refractivity contribution in [3.8, 4) is 0 Å². The third-order valence-corrected chi connectivity index (χ3v) is 1.62. The maximum Gasteiger partial charge on any atom is 0.274 e. The molecule has 0 fully saturated rings. The molecule has 0 aliphatic heterocycles. The van der Waals surface area contributed by atoms with Crippen LogP contribution in [0.15, 0.2) is 34.0 Å². The second-order valence-corrected chi connectivity index (χ2v) is 2.64. The molecule has 1 rings (SSSR count). The van der Waals surface area contributed by atoms with Gasteiger partial charge in [-0.1, -0.05) is 6.08 Å². The highest BCUT2D eigenvalue weighted by atomic mass is 16.3. The number of nitrogens with zero attached hydrogens (tertiary/aromatic N) is 1. The molecular weight excluding hydrogens is 180 g/mol. The van der Waals surface area contributed by atoms with E-state index in [4.69, 9.17) is 4.42 Å². The molecule has 14 heavy (non-hydrogen) atoms. The van der Waals surface area contributed by atoms with E-state index in [-0.39, 0.29) is 5.91 Å². The molecule has 0 radical (unpaired) electrons. The first-order valence-corrected chi connectivity index (χ1v) is 4.24. The number of allylic oxidation sites excluding steroid dienone is 2. The first-order valence-electron chi connectivity index (χ1n) is 4.24. The molecule has 0 aromatic carbocycles. The van der Waals surface area contributed by atoms with Gasteiger partial charge in [0.15, 0.2) is 0 Å². The molecule has 4 heteroatoms. The molecule has 0 aliphatic carbocycles. The van der Waals surface area contributed by atoms with Crippen LogP contribution in [0.5, 0.6) is 0 Å². The van der Waals surface area contributed by atoms with Gasteiger partial charge in [-0.25, -0.2) is 5.43 Å². The van der Waals surface area contributed by atoms with Crippen molar-refractivity contribution in [1.82, 2.24) is 5.43 Å². The fourth-order valence-electron chi connectivity index (χ4n) is 0.906. The molecular formula is C10H12N2O2. The summed E-state index contributed by atoms with van der Waals surface area (Å²) in [5.74, 6) is 0.320. The molecule has 0 atom stereocenters. The molecule has 1 aromatic rings. The van der Waals surface area contributed by atoms with E-state index in [2.05, 4.69) is 10.5 Å². The third kappa shape index (κ3) is 2.58. The van der Waals surface area contributed by atoms with Crippen LogP contribution < -0.4 is 5.43 Å². The van der Waals surface area contributed by atoms with Crippen molar-refractivity contribution < 1.29 is 9.21 Å². The van der Waals surface area contributed by atoms with Gasteiger partial charge in [0.05, 0.1) is 11.8 Å². The van der Waals surface area contributed by atoms with Gasteiger partial charge in [-0.15, -0.1) is 0 Å². The number of hydrogen-bond donors (Lipinski definition) is 1. The minimum Gasteiger partial charge on any atom is -0.469 e. The number of carbonyl (C=O) groups is 1. The molecule has 0 bridgehead atoms. The Kier molecular flexibility index (Phi) is 3.67. The fraction of sp³-hybridized carbons (Fsp3) is 0.200. The highest BCUT2D eigenvalue weighted by Gasteiger charge is 2.09. The zero-order valence-corrected chi connectivity index (χ0v) is 8.15. The zero-order chi connectivity index (χ0) is 10.4. The van der Waals surface area contributed by atoms with Crippen molar-refractivity contribution in [2.24, 2.45) is 5.10 Å². The number of furan rings is 1. The van der Waals surface area contributed by atoms with E-state index in [1.807, 2.05) is 13.0 Å². The van der Waals surface area contributed by atoms with E-state index < -0.39 is 0 Å². The van der Waals surface area contributed by atoms with Gasteiger partial charge in [-0.2, -0.15) is 5.10 Å². The van der Waals surface area contributed by atoms with Crippen molar-refractivity contribution in [2.75, 3.05) is 0 Å². The van der Waals surface area contributed by atoms with E-state index in [1.54, 1.807) is 19.1 Å². The average molecular weight is 192 g/mol. The Morgan fingerprint density at radius 3 is 3.00 bits per heavy atom. The summed E-state index contributed by atoms with van der Waals surface area (Å²) in [5, 5.41) is 3.71. The van der Waals surface area contributed by atoms with Gasteiger partial charge in [0.1, 0.15) is 5.76 Å². The fourth-order valence-corrected chi connectivity index (χ4v) is 0.906. The highest BCUT2D eigenvalue weighted by Crippen LogP contribution is 2.07. The van der Waals surface area contributed by atoms with Crippen molar-refractivity contribution in [2.45, 2.75) is 13.8 Å². The molecule has 1 heterocycles. The van der Waals surface area contributed by atoms with Gasteiger partial charge >= 0.3 is 0 Å². The normalized spacial score (nSPS) is 11.3. The Hall–Kier alpha value is -1.84. The molecule has 0 unspecified atom stereocenters. The Morgan fingerprint density at radius 1 is 1.64 bits per heavy atom. The van der Waals surface area contributed by atoms with Crippen molar-refractivity contribution in [1.29, 1.82) is 0 Å².